The van der Waals surface area contributed by atoms with Gasteiger partial charge in [0, 0.05) is 13.0 Å². The third kappa shape index (κ3) is 34.6. The molecule has 2 fully saturated rings. The van der Waals surface area contributed by atoms with E-state index in [4.69, 9.17) is 33.2 Å². The van der Waals surface area contributed by atoms with Crippen molar-refractivity contribution in [2.45, 2.75) is 295 Å². The third-order valence-corrected chi connectivity index (χ3v) is 31.6. The maximum absolute atomic E-state index is 13.5. The number of benzene rings is 11. The van der Waals surface area contributed by atoms with Crippen LogP contribution in [0.4, 0.5) is 26.3 Å². The molecule has 0 radical (unpaired) electrons. The molecule has 2 aliphatic carbocycles. The first-order chi connectivity index (χ1) is 66.4. The lowest BCUT2D eigenvalue weighted by Crippen LogP contribution is -2.60. The van der Waals surface area contributed by atoms with Gasteiger partial charge in [0.15, 0.2) is 52.1 Å². The quantitative estimate of drug-likeness (QED) is 0.00559. The summed E-state index contributed by atoms with van der Waals surface area (Å²) in [6.45, 7) is 32.2. The summed E-state index contributed by atoms with van der Waals surface area (Å²) in [5.41, 5.74) is 4.55. The van der Waals surface area contributed by atoms with Gasteiger partial charge in [0.2, 0.25) is 0 Å². The van der Waals surface area contributed by atoms with Crippen LogP contribution in [0, 0.1) is 16.7 Å². The maximum Gasteiger partial charge on any atom is 0.439 e. The average Bonchev–Trinajstić information content (AvgIpc) is 0.721. The Labute approximate surface area is 833 Å². The number of fused-ring (bicyclic) bond motifs is 1. The minimum absolute atomic E-state index is 0.0278. The van der Waals surface area contributed by atoms with E-state index in [1.807, 2.05) is 94.4 Å². The number of phenols is 1. The minimum Gasteiger partial charge on any atom is -0.743 e. The first-order valence-electron chi connectivity index (χ1n) is 48.4. The van der Waals surface area contributed by atoms with Gasteiger partial charge >= 0.3 is 38.5 Å². The van der Waals surface area contributed by atoms with Crippen molar-refractivity contribution in [3.05, 3.63) is 301 Å². The molecule has 0 bridgehead atoms. The molecule has 16 nitrogen and oxygen atoms in total. The van der Waals surface area contributed by atoms with Gasteiger partial charge in [-0.3, -0.25) is 13.8 Å². The molecule has 2 aliphatic rings. The molecule has 0 spiro atoms. The van der Waals surface area contributed by atoms with Crippen molar-refractivity contribution in [3.8, 4) is 34.5 Å². The predicted molar refractivity (Wildman–Crippen MR) is 548 cm³/mol. The number of ether oxygens (including phenoxy) is 7. The van der Waals surface area contributed by atoms with Gasteiger partial charge in [-0.15, -0.1) is 0 Å². The zero-order valence-electron chi connectivity index (χ0n) is 83.6. The smallest absolute Gasteiger partial charge is 0.439 e. The highest BCUT2D eigenvalue weighted by molar-refractivity contribution is 7.97. The lowest BCUT2D eigenvalue weighted by atomic mass is 9.84. The summed E-state index contributed by atoms with van der Waals surface area (Å²) in [7, 11) is -14.2. The Bertz CT molecular complexity index is 5660. The molecule has 758 valence electrons. The first-order valence-corrected chi connectivity index (χ1v) is 53.7. The summed E-state index contributed by atoms with van der Waals surface area (Å²) in [6, 6.07) is 94.8. The first kappa shape index (κ1) is 115. The summed E-state index contributed by atoms with van der Waals surface area (Å²) in [5, 5.41) is -1.97. The van der Waals surface area contributed by atoms with Crippen LogP contribution in [0.5, 0.6) is 34.5 Å². The Morgan fingerprint density at radius 2 is 0.800 bits per heavy atom. The Hall–Kier alpha value is -10.2. The van der Waals surface area contributed by atoms with Crippen LogP contribution in [0.25, 0.3) is 10.8 Å². The number of phenolic OH excluding ortho intramolecular Hbond substituents is 1. The van der Waals surface area contributed by atoms with Crippen molar-refractivity contribution in [1.82, 2.24) is 0 Å². The van der Waals surface area contributed by atoms with Crippen LogP contribution in [0.3, 0.4) is 0 Å². The number of carbonyl (C=O) groups is 2. The van der Waals surface area contributed by atoms with Gasteiger partial charge in [-0.05, 0) is 301 Å². The van der Waals surface area contributed by atoms with Gasteiger partial charge in [0.05, 0.1) is 52.4 Å². The number of rotatable bonds is 37. The monoisotopic (exact) mass is 2010 g/mol. The molecule has 4 unspecified atom stereocenters. The highest BCUT2D eigenvalue weighted by Gasteiger charge is 2.80. The summed E-state index contributed by atoms with van der Waals surface area (Å²) < 4.78 is 175. The van der Waals surface area contributed by atoms with Crippen LogP contribution in [-0.4, -0.2) is 93.9 Å². The van der Waals surface area contributed by atoms with Gasteiger partial charge < -0.3 is 42.8 Å². The standard InChI is InChI=1S/C24H25S.C22H34O4.C22H23S.C16H20F6O7S2.C16H24O4.C14H16O/c1-4-10-20(11-5-1)21-16-18-24(19-17-21)25(22-12-6-2-7-13-22)23-14-8-3-9-15-23;1-5-22(3,4)21(23)26-20-13-11-19(12-14-20)25-17(2)24-16-15-18-9-7-6-8-10-18;1-22(2,3)18-14-16-21(17-15-18)23(19-10-6-4-7-11-19)20-12-8-5-9-13-20;1-3-11(2)12-5-7-13(8-6-12)28-9-4-10-29-31(26,27)16(21,22)14(17,18)15(19,20)30(23,24)25;1-6-16(4,5)15(17)20-14-10-8-13(9-11-14)19-12(3)18-7-2;1-3-10(2)11-4-5-13-9-14(15)7-6-12(13)8-11/h2-3,6-9,12-20H,1,4-5,10-11H2;11-14,17-18H,5-10,15-16H2,1-4H3;4-17H,1-3H3;5-8,11H,3-4,9-10H2,1-2H3,(H,23,24,25);8-12H,6-7H2,1-5H3;4-10,15H,3H2,1-2H3/q+1;;+1;;;/p-1. The highest BCUT2D eigenvalue weighted by atomic mass is 32.2. The fourth-order valence-corrected chi connectivity index (χ4v) is 20.5. The topological polar surface area (TPSA) is 220 Å². The van der Waals surface area contributed by atoms with Gasteiger partial charge in [-0.2, -0.15) is 34.8 Å². The molecule has 0 aliphatic heterocycles. The van der Waals surface area contributed by atoms with E-state index in [1.165, 1.54) is 116 Å². The van der Waals surface area contributed by atoms with Crippen LogP contribution >= 0.6 is 0 Å². The molecule has 4 atom stereocenters. The molecule has 11 aromatic rings. The fourth-order valence-electron chi connectivity index (χ4n) is 14.9. The second kappa shape index (κ2) is 54.9. The van der Waals surface area contributed by atoms with E-state index in [9.17, 15) is 62.4 Å². The van der Waals surface area contributed by atoms with Gasteiger partial charge in [0.25, 0.3) is 0 Å². The van der Waals surface area contributed by atoms with Crippen LogP contribution in [0.1, 0.15) is 254 Å². The van der Waals surface area contributed by atoms with E-state index in [-0.39, 0.29) is 64.2 Å². The molecule has 2 saturated carbocycles. The Morgan fingerprint density at radius 1 is 0.421 bits per heavy atom. The zero-order chi connectivity index (χ0) is 102. The number of hydrogen-bond donors (Lipinski definition) is 1. The number of halogens is 6. The van der Waals surface area contributed by atoms with Crippen molar-refractivity contribution in [2.75, 3.05) is 26.4 Å². The number of alkyl halides is 6. The van der Waals surface area contributed by atoms with E-state index in [1.54, 1.807) is 72.8 Å². The number of hydrogen-bond acceptors (Lipinski definition) is 16. The predicted octanol–water partition coefficient (Wildman–Crippen LogP) is 30.2. The number of esters is 2. The largest absolute Gasteiger partial charge is 0.743 e. The molecule has 11 aromatic carbocycles. The molecular formula is C114H141F6O16S4+. The highest BCUT2D eigenvalue weighted by Crippen LogP contribution is 2.51. The molecule has 13 rings (SSSR count). The summed E-state index contributed by atoms with van der Waals surface area (Å²) in [4.78, 5) is 32.3. The van der Waals surface area contributed by atoms with Gasteiger partial charge in [0.1, 0.15) is 34.5 Å². The van der Waals surface area contributed by atoms with Crippen LogP contribution in [-0.2, 0) is 70.7 Å². The Morgan fingerprint density at radius 3 is 1.21 bits per heavy atom. The van der Waals surface area contributed by atoms with Gasteiger partial charge in [-0.1, -0.05) is 247 Å². The summed E-state index contributed by atoms with van der Waals surface area (Å²) >= 11 is 0. The molecule has 0 aromatic heterocycles. The summed E-state index contributed by atoms with van der Waals surface area (Å²) in [5.74, 6) is -1.94. The van der Waals surface area contributed by atoms with Crippen LogP contribution in [0.2, 0.25) is 0 Å². The molecule has 0 saturated heterocycles. The molecule has 0 heterocycles. The average molecular weight is 2010 g/mol. The minimum atomic E-state index is -7.33. The normalized spacial score (nSPS) is 14.3. The lowest BCUT2D eigenvalue weighted by molar-refractivity contribution is -0.248. The zero-order valence-corrected chi connectivity index (χ0v) is 86.9. The molecule has 1 N–H and O–H groups in total. The number of aromatic hydroxyl groups is 1. The van der Waals surface area contributed by atoms with Crippen molar-refractivity contribution >= 4 is 64.7 Å². The maximum atomic E-state index is 13.5. The molecular weight excluding hydrogens is 1870 g/mol. The van der Waals surface area contributed by atoms with E-state index in [0.29, 0.717) is 47.0 Å². The Kier molecular flexibility index (Phi) is 45.1. The third-order valence-electron chi connectivity index (χ3n) is 24.9. The Balaban J connectivity index is 0.000000208. The molecule has 0 amide bonds. The van der Waals surface area contributed by atoms with Gasteiger partial charge in [-0.25, -0.2) is 8.42 Å². The van der Waals surface area contributed by atoms with Crippen LogP contribution in [0.15, 0.2) is 308 Å². The second-order valence-electron chi connectivity index (χ2n) is 37.2. The van der Waals surface area contributed by atoms with E-state index in [0.717, 1.165) is 61.5 Å². The number of carbonyl (C=O) groups excluding carboxylic acids is 2. The second-order valence-corrected chi connectivity index (χ2v) is 44.4. The van der Waals surface area contributed by atoms with Crippen LogP contribution < -0.4 is 23.7 Å². The van der Waals surface area contributed by atoms with Crippen molar-refractivity contribution < 1.29 is 99.8 Å². The van der Waals surface area contributed by atoms with Crippen molar-refractivity contribution in [1.29, 1.82) is 0 Å². The van der Waals surface area contributed by atoms with Crippen molar-refractivity contribution in [3.63, 3.8) is 0 Å². The lowest BCUT2D eigenvalue weighted by Gasteiger charge is -2.32. The van der Waals surface area contributed by atoms with E-state index in [2.05, 4.69) is 227 Å². The van der Waals surface area contributed by atoms with E-state index >= 15 is 0 Å². The molecule has 26 heteroatoms. The fraction of sp³-hybridized carbons (Fsp3) is 0.421. The summed E-state index contributed by atoms with van der Waals surface area (Å²) in [6.07, 6.45) is 17.3. The molecule has 140 heavy (non-hydrogen) atoms. The van der Waals surface area contributed by atoms with E-state index < -0.39 is 60.5 Å². The van der Waals surface area contributed by atoms with Crippen molar-refractivity contribution in [2.24, 2.45) is 16.7 Å². The SMILES string of the molecule is CC(C)(C)c1ccc([S+](c2ccccc2)c2ccccc2)cc1.CCC(C)(C)C(=O)Oc1ccc(OC(C)OCCC2CCCCC2)cc1.CCC(C)c1ccc(OCCCOS(=O)(=O)C(F)(F)C(F)(F)C(F)(F)S(=O)(=O)[O-])cc1.CCC(C)c1ccc2cc(O)ccc2c1.CCOC(C)Oc1ccc(OC(=O)C(C)(C)CC)cc1.c1ccc([S+](c2ccccc2)c2ccc(C3CCCCC3)cc2)cc1.